The average Bonchev–Trinajstić information content (AvgIpc) is 2.27. The molecule has 0 saturated carbocycles. The monoisotopic (exact) mass is 261 g/mol. The topological polar surface area (TPSA) is 76.0 Å². The predicted octanol–water partition coefficient (Wildman–Crippen LogP) is 2.34. The maximum atomic E-state index is 11.1. The van der Waals surface area contributed by atoms with E-state index in [0.29, 0.717) is 15.9 Å². The van der Waals surface area contributed by atoms with Crippen molar-refractivity contribution in [2.75, 3.05) is 0 Å². The third kappa shape index (κ3) is 2.84. The van der Waals surface area contributed by atoms with E-state index in [9.17, 15) is 4.79 Å². The summed E-state index contributed by atoms with van der Waals surface area (Å²) >= 11 is 1.23. The first-order valence-corrected chi connectivity index (χ1v) is 6.06. The molecule has 0 atom stereocenters. The van der Waals surface area contributed by atoms with Crippen molar-refractivity contribution in [2.45, 2.75) is 23.9 Å². The van der Waals surface area contributed by atoms with Gasteiger partial charge >= 0.3 is 5.97 Å². The van der Waals surface area contributed by atoms with Gasteiger partial charge in [-0.2, -0.15) is 0 Å². The zero-order valence-corrected chi connectivity index (χ0v) is 10.7. The quantitative estimate of drug-likeness (QED) is 0.855. The Hall–Kier alpha value is -1.95. The number of aromatic carboxylic acids is 1. The molecule has 0 aliphatic carbocycles. The molecule has 0 spiro atoms. The van der Waals surface area contributed by atoms with Gasteiger partial charge in [-0.1, -0.05) is 0 Å². The lowest BCUT2D eigenvalue weighted by Gasteiger charge is -2.05. The van der Waals surface area contributed by atoms with Crippen LogP contribution in [-0.2, 0) is 0 Å². The second-order valence-electron chi connectivity index (χ2n) is 3.66. The van der Waals surface area contributed by atoms with Crippen molar-refractivity contribution >= 4 is 17.7 Å². The predicted molar refractivity (Wildman–Crippen MR) is 66.8 cm³/mol. The first-order valence-electron chi connectivity index (χ1n) is 5.24. The lowest BCUT2D eigenvalue weighted by atomic mass is 10.3. The maximum absolute atomic E-state index is 11.1. The summed E-state index contributed by atoms with van der Waals surface area (Å²) < 4.78 is 0. The smallest absolute Gasteiger partial charge is 0.338 e. The highest BCUT2D eigenvalue weighted by Crippen LogP contribution is 2.27. The fourth-order valence-corrected chi connectivity index (χ4v) is 2.45. The SMILES string of the molecule is Cc1cc(Sc2ncccc2C(=O)O)nc(C)n1. The van der Waals surface area contributed by atoms with Gasteiger partial charge in [-0.3, -0.25) is 0 Å². The van der Waals surface area contributed by atoms with Crippen molar-refractivity contribution in [3.8, 4) is 0 Å². The molecule has 0 aliphatic rings. The van der Waals surface area contributed by atoms with E-state index >= 15 is 0 Å². The van der Waals surface area contributed by atoms with Crippen LogP contribution in [0.5, 0.6) is 0 Å². The van der Waals surface area contributed by atoms with Crippen LogP contribution in [0.2, 0.25) is 0 Å². The van der Waals surface area contributed by atoms with E-state index in [-0.39, 0.29) is 5.56 Å². The molecular formula is C12H11N3O2S. The Labute approximate surface area is 108 Å². The highest BCUT2D eigenvalue weighted by Gasteiger charge is 2.12. The molecule has 18 heavy (non-hydrogen) atoms. The Bertz CT molecular complexity index is 581. The van der Waals surface area contributed by atoms with Crippen LogP contribution in [-0.4, -0.2) is 26.0 Å². The summed E-state index contributed by atoms with van der Waals surface area (Å²) in [6.07, 6.45) is 1.57. The Morgan fingerprint density at radius 3 is 2.78 bits per heavy atom. The standard InChI is InChI=1S/C12H11N3O2S/c1-7-6-10(15-8(2)14-7)18-11-9(12(16)17)4-3-5-13-11/h3-6H,1-2H3,(H,16,17). The Morgan fingerprint density at radius 1 is 1.33 bits per heavy atom. The number of nitrogens with zero attached hydrogens (tertiary/aromatic N) is 3. The molecule has 0 aromatic carbocycles. The van der Waals surface area contributed by atoms with Crippen molar-refractivity contribution in [1.82, 2.24) is 15.0 Å². The molecule has 6 heteroatoms. The molecule has 0 bridgehead atoms. The van der Waals surface area contributed by atoms with Crippen LogP contribution >= 0.6 is 11.8 Å². The molecule has 0 fully saturated rings. The summed E-state index contributed by atoms with van der Waals surface area (Å²) in [4.78, 5) is 23.6. The molecule has 0 amide bonds. The highest BCUT2D eigenvalue weighted by atomic mass is 32.2. The van der Waals surface area contributed by atoms with E-state index in [2.05, 4.69) is 15.0 Å². The van der Waals surface area contributed by atoms with Gasteiger partial charge < -0.3 is 5.11 Å². The average molecular weight is 261 g/mol. The number of pyridine rings is 1. The maximum Gasteiger partial charge on any atom is 0.338 e. The summed E-state index contributed by atoms with van der Waals surface area (Å²) in [5.41, 5.74) is 1.02. The minimum atomic E-state index is -0.992. The van der Waals surface area contributed by atoms with Gasteiger partial charge in [0.2, 0.25) is 0 Å². The fourth-order valence-electron chi connectivity index (χ4n) is 1.47. The van der Waals surface area contributed by atoms with E-state index in [4.69, 9.17) is 5.11 Å². The number of rotatable bonds is 3. The molecule has 2 aromatic heterocycles. The Kier molecular flexibility index (Phi) is 3.57. The van der Waals surface area contributed by atoms with Gasteiger partial charge in [0.15, 0.2) is 0 Å². The molecule has 0 aliphatic heterocycles. The van der Waals surface area contributed by atoms with E-state index in [1.54, 1.807) is 25.3 Å². The van der Waals surface area contributed by atoms with Crippen molar-refractivity contribution < 1.29 is 9.90 Å². The second kappa shape index (κ2) is 5.14. The summed E-state index contributed by atoms with van der Waals surface area (Å²) in [5, 5.41) is 10.2. The Morgan fingerprint density at radius 2 is 2.11 bits per heavy atom. The van der Waals surface area contributed by atoms with Crippen LogP contribution in [0.4, 0.5) is 0 Å². The zero-order valence-electron chi connectivity index (χ0n) is 9.91. The normalized spacial score (nSPS) is 10.3. The summed E-state index contributed by atoms with van der Waals surface area (Å²) in [6, 6.07) is 4.93. The van der Waals surface area contributed by atoms with E-state index < -0.39 is 5.97 Å². The van der Waals surface area contributed by atoms with Crippen LogP contribution in [0.15, 0.2) is 34.4 Å². The molecular weight excluding hydrogens is 250 g/mol. The number of hydrogen-bond acceptors (Lipinski definition) is 5. The summed E-state index contributed by atoms with van der Waals surface area (Å²) in [6.45, 7) is 3.67. The van der Waals surface area contributed by atoms with Crippen LogP contribution in [0, 0.1) is 13.8 Å². The molecule has 1 N–H and O–H groups in total. The molecule has 5 nitrogen and oxygen atoms in total. The number of aromatic nitrogens is 3. The summed E-state index contributed by atoms with van der Waals surface area (Å²) in [5.74, 6) is -0.335. The third-order valence-corrected chi connectivity index (χ3v) is 3.08. The molecule has 0 radical (unpaired) electrons. The minimum Gasteiger partial charge on any atom is -0.478 e. The molecule has 92 valence electrons. The fraction of sp³-hybridized carbons (Fsp3) is 0.167. The number of carboxylic acids is 1. The third-order valence-electron chi connectivity index (χ3n) is 2.15. The van der Waals surface area contributed by atoms with Crippen LogP contribution < -0.4 is 0 Å². The van der Waals surface area contributed by atoms with Gasteiger partial charge in [0.05, 0.1) is 5.56 Å². The zero-order chi connectivity index (χ0) is 13.1. The van der Waals surface area contributed by atoms with Gasteiger partial charge in [-0.25, -0.2) is 19.7 Å². The molecule has 2 rings (SSSR count). The van der Waals surface area contributed by atoms with E-state index in [1.807, 2.05) is 6.92 Å². The molecule has 2 aromatic rings. The summed E-state index contributed by atoms with van der Waals surface area (Å²) in [7, 11) is 0. The number of hydrogen-bond donors (Lipinski definition) is 1. The van der Waals surface area contributed by atoms with Crippen LogP contribution in [0.1, 0.15) is 21.9 Å². The van der Waals surface area contributed by atoms with Crippen molar-refractivity contribution in [1.29, 1.82) is 0 Å². The minimum absolute atomic E-state index is 0.177. The van der Waals surface area contributed by atoms with Crippen molar-refractivity contribution in [3.63, 3.8) is 0 Å². The lowest BCUT2D eigenvalue weighted by molar-refractivity contribution is 0.0692. The van der Waals surface area contributed by atoms with Gasteiger partial charge in [-0.05, 0) is 43.8 Å². The van der Waals surface area contributed by atoms with Gasteiger partial charge in [0.1, 0.15) is 15.9 Å². The van der Waals surface area contributed by atoms with Gasteiger partial charge in [-0.15, -0.1) is 0 Å². The van der Waals surface area contributed by atoms with Gasteiger partial charge in [0.25, 0.3) is 0 Å². The number of carbonyl (C=O) groups is 1. The molecule has 0 unspecified atom stereocenters. The first kappa shape index (κ1) is 12.5. The van der Waals surface area contributed by atoms with Crippen molar-refractivity contribution in [2.24, 2.45) is 0 Å². The second-order valence-corrected chi connectivity index (χ2v) is 4.67. The molecule has 2 heterocycles. The van der Waals surface area contributed by atoms with Crippen molar-refractivity contribution in [3.05, 3.63) is 41.5 Å². The highest BCUT2D eigenvalue weighted by molar-refractivity contribution is 7.99. The first-order chi connectivity index (χ1) is 8.56. The van der Waals surface area contributed by atoms with Crippen LogP contribution in [0.25, 0.3) is 0 Å². The van der Waals surface area contributed by atoms with Crippen LogP contribution in [0.3, 0.4) is 0 Å². The van der Waals surface area contributed by atoms with Gasteiger partial charge in [0, 0.05) is 11.9 Å². The largest absolute Gasteiger partial charge is 0.478 e. The number of carboxylic acid groups (broad SMARTS) is 1. The molecule has 0 saturated heterocycles. The lowest BCUT2D eigenvalue weighted by Crippen LogP contribution is -2.01. The van der Waals surface area contributed by atoms with E-state index in [1.165, 1.54) is 17.8 Å². The van der Waals surface area contributed by atoms with E-state index in [0.717, 1.165) is 5.69 Å². The number of aryl methyl sites for hydroxylation is 2. The Balaban J connectivity index is 2.37.